The number of pyridine rings is 1. The lowest BCUT2D eigenvalue weighted by Gasteiger charge is -2.21. The van der Waals surface area contributed by atoms with Crippen LogP contribution in [-0.4, -0.2) is 55.2 Å². The Kier molecular flexibility index (Phi) is 12.5. The number of guanidine groups is 1. The highest BCUT2D eigenvalue weighted by atomic mass is 127. The van der Waals surface area contributed by atoms with Crippen LogP contribution in [0.15, 0.2) is 23.3 Å². The molecule has 1 aromatic heterocycles. The molecule has 0 aromatic carbocycles. The Hall–Kier alpha value is -1.09. The van der Waals surface area contributed by atoms with Crippen molar-refractivity contribution >= 4 is 29.9 Å². The Morgan fingerprint density at radius 2 is 2.11 bits per heavy atom. The van der Waals surface area contributed by atoms with E-state index in [-0.39, 0.29) is 24.0 Å². The van der Waals surface area contributed by atoms with Gasteiger partial charge in [-0.25, -0.2) is 4.98 Å². The van der Waals surface area contributed by atoms with Crippen molar-refractivity contribution in [1.29, 1.82) is 0 Å². The van der Waals surface area contributed by atoms with Gasteiger partial charge in [-0.2, -0.15) is 0 Å². The second-order valence-electron chi connectivity index (χ2n) is 7.40. The lowest BCUT2D eigenvalue weighted by atomic mass is 10.2. The molecule has 7 heteroatoms. The maximum absolute atomic E-state index is 5.76. The van der Waals surface area contributed by atoms with Crippen LogP contribution >= 0.6 is 24.0 Å². The molecule has 0 bridgehead atoms. The maximum Gasteiger partial charge on any atom is 0.213 e. The fourth-order valence-electron chi connectivity index (χ4n) is 2.97. The van der Waals surface area contributed by atoms with E-state index in [1.165, 1.54) is 19.3 Å². The molecule has 1 atom stereocenters. The van der Waals surface area contributed by atoms with Crippen LogP contribution in [0.1, 0.15) is 52.0 Å². The van der Waals surface area contributed by atoms with Crippen LogP contribution < -0.4 is 15.4 Å². The number of nitrogens with one attached hydrogen (secondary N) is 2. The topological polar surface area (TPSA) is 61.8 Å². The molecule has 1 aliphatic rings. The summed E-state index contributed by atoms with van der Waals surface area (Å²) in [5.74, 6) is 2.29. The molecule has 1 unspecified atom stereocenters. The van der Waals surface area contributed by atoms with E-state index in [1.807, 2.05) is 25.4 Å². The van der Waals surface area contributed by atoms with E-state index < -0.39 is 0 Å². The van der Waals surface area contributed by atoms with Crippen molar-refractivity contribution in [2.75, 3.05) is 33.3 Å². The molecule has 160 valence electrons. The third-order valence-electron chi connectivity index (χ3n) is 5.04. The molecule has 0 aliphatic heterocycles. The van der Waals surface area contributed by atoms with Crippen molar-refractivity contribution in [2.24, 2.45) is 10.9 Å². The SMILES string of the molecule is CCN(CC)CCCC(C)NC(=NC)NCc1ccnc(OCC2CC2)c1.I. The van der Waals surface area contributed by atoms with Gasteiger partial charge in [-0.3, -0.25) is 4.99 Å². The number of nitrogens with zero attached hydrogens (tertiary/aromatic N) is 3. The van der Waals surface area contributed by atoms with E-state index >= 15 is 0 Å². The van der Waals surface area contributed by atoms with E-state index in [0.29, 0.717) is 18.5 Å². The highest BCUT2D eigenvalue weighted by molar-refractivity contribution is 14.0. The van der Waals surface area contributed by atoms with Crippen LogP contribution in [0.4, 0.5) is 0 Å². The summed E-state index contributed by atoms with van der Waals surface area (Å²) in [4.78, 5) is 11.1. The van der Waals surface area contributed by atoms with E-state index in [4.69, 9.17) is 4.74 Å². The second-order valence-corrected chi connectivity index (χ2v) is 7.40. The lowest BCUT2D eigenvalue weighted by Crippen LogP contribution is -2.42. The molecule has 28 heavy (non-hydrogen) atoms. The predicted molar refractivity (Wildman–Crippen MR) is 128 cm³/mol. The van der Waals surface area contributed by atoms with E-state index in [9.17, 15) is 0 Å². The summed E-state index contributed by atoms with van der Waals surface area (Å²) in [6.45, 7) is 11.6. The summed E-state index contributed by atoms with van der Waals surface area (Å²) in [6, 6.07) is 4.41. The van der Waals surface area contributed by atoms with E-state index in [0.717, 1.165) is 50.1 Å². The summed E-state index contributed by atoms with van der Waals surface area (Å²) in [5, 5.41) is 6.87. The largest absolute Gasteiger partial charge is 0.477 e. The minimum atomic E-state index is 0. The summed E-state index contributed by atoms with van der Waals surface area (Å²) < 4.78 is 5.76. The standard InChI is InChI=1S/C21H37N5O.HI/c1-5-26(6-2)13-7-8-17(3)25-21(22-4)24-15-19-11-12-23-20(14-19)27-16-18-9-10-18;/h11-12,14,17-18H,5-10,13,15-16H2,1-4H3,(H2,22,24,25);1H. The van der Waals surface area contributed by atoms with Gasteiger partial charge in [0.1, 0.15) is 0 Å². The van der Waals surface area contributed by atoms with Gasteiger partial charge >= 0.3 is 0 Å². The quantitative estimate of drug-likeness (QED) is 0.259. The van der Waals surface area contributed by atoms with Crippen molar-refractivity contribution < 1.29 is 4.74 Å². The Bertz CT molecular complexity index is 576. The lowest BCUT2D eigenvalue weighted by molar-refractivity contribution is 0.288. The van der Waals surface area contributed by atoms with Crippen molar-refractivity contribution in [3.63, 3.8) is 0 Å². The molecule has 0 amide bonds. The van der Waals surface area contributed by atoms with Crippen LogP contribution in [0.5, 0.6) is 5.88 Å². The van der Waals surface area contributed by atoms with Gasteiger partial charge in [-0.1, -0.05) is 13.8 Å². The molecule has 0 spiro atoms. The van der Waals surface area contributed by atoms with Crippen molar-refractivity contribution in [2.45, 2.75) is 59.0 Å². The zero-order valence-corrected chi connectivity index (χ0v) is 20.2. The Balaban J connectivity index is 0.00000392. The highest BCUT2D eigenvalue weighted by Crippen LogP contribution is 2.29. The van der Waals surface area contributed by atoms with E-state index in [2.05, 4.69) is 46.3 Å². The number of hydrogen-bond donors (Lipinski definition) is 2. The summed E-state index contributed by atoms with van der Waals surface area (Å²) in [7, 11) is 1.81. The molecule has 1 saturated carbocycles. The minimum Gasteiger partial charge on any atom is -0.477 e. The predicted octanol–water partition coefficient (Wildman–Crippen LogP) is 3.66. The number of halogens is 1. The number of ether oxygens (including phenoxy) is 1. The molecule has 1 heterocycles. The fourth-order valence-corrected chi connectivity index (χ4v) is 2.97. The first kappa shape index (κ1) is 24.9. The monoisotopic (exact) mass is 503 g/mol. The van der Waals surface area contributed by atoms with Gasteiger partial charge < -0.3 is 20.3 Å². The van der Waals surface area contributed by atoms with Crippen LogP contribution in [0.3, 0.4) is 0 Å². The molecule has 2 rings (SSSR count). The van der Waals surface area contributed by atoms with Crippen molar-refractivity contribution in [3.05, 3.63) is 23.9 Å². The zero-order valence-electron chi connectivity index (χ0n) is 17.9. The third-order valence-corrected chi connectivity index (χ3v) is 5.04. The van der Waals surface area contributed by atoms with Crippen molar-refractivity contribution in [3.8, 4) is 5.88 Å². The van der Waals surface area contributed by atoms with Gasteiger partial charge in [-0.15, -0.1) is 24.0 Å². The van der Waals surface area contributed by atoms with Crippen LogP contribution in [0, 0.1) is 5.92 Å². The Morgan fingerprint density at radius 3 is 2.75 bits per heavy atom. The fraction of sp³-hybridized carbons (Fsp3) is 0.714. The first-order valence-electron chi connectivity index (χ1n) is 10.4. The summed E-state index contributed by atoms with van der Waals surface area (Å²) in [5.41, 5.74) is 1.15. The molecular formula is C21H38IN5O. The molecule has 0 radical (unpaired) electrons. The van der Waals surface area contributed by atoms with Gasteiger partial charge in [0.15, 0.2) is 5.96 Å². The molecule has 1 fully saturated rings. The van der Waals surface area contributed by atoms with Crippen LogP contribution in [0.25, 0.3) is 0 Å². The van der Waals surface area contributed by atoms with Gasteiger partial charge in [0.05, 0.1) is 6.61 Å². The number of hydrogen-bond acceptors (Lipinski definition) is 4. The smallest absolute Gasteiger partial charge is 0.213 e. The molecule has 6 nitrogen and oxygen atoms in total. The zero-order chi connectivity index (χ0) is 19.5. The average molecular weight is 503 g/mol. The van der Waals surface area contributed by atoms with Gasteiger partial charge in [0.25, 0.3) is 0 Å². The molecular weight excluding hydrogens is 465 g/mol. The second kappa shape index (κ2) is 14.0. The molecule has 1 aliphatic carbocycles. The molecule has 0 saturated heterocycles. The number of aliphatic imine (C=N–C) groups is 1. The number of rotatable bonds is 12. The minimum absolute atomic E-state index is 0. The molecule has 1 aromatic rings. The number of aromatic nitrogens is 1. The summed E-state index contributed by atoms with van der Waals surface area (Å²) in [6.07, 6.45) is 6.71. The summed E-state index contributed by atoms with van der Waals surface area (Å²) >= 11 is 0. The maximum atomic E-state index is 5.76. The average Bonchev–Trinajstić information content (AvgIpc) is 3.51. The first-order valence-corrected chi connectivity index (χ1v) is 10.4. The molecule has 2 N–H and O–H groups in total. The Morgan fingerprint density at radius 1 is 1.36 bits per heavy atom. The van der Waals surface area contributed by atoms with Gasteiger partial charge in [0, 0.05) is 31.9 Å². The van der Waals surface area contributed by atoms with E-state index in [1.54, 1.807) is 0 Å². The van der Waals surface area contributed by atoms with Crippen LogP contribution in [0.2, 0.25) is 0 Å². The first-order chi connectivity index (χ1) is 13.1. The normalized spacial score (nSPS) is 15.1. The van der Waals surface area contributed by atoms with Crippen LogP contribution in [-0.2, 0) is 6.54 Å². The highest BCUT2D eigenvalue weighted by Gasteiger charge is 2.22. The van der Waals surface area contributed by atoms with Gasteiger partial charge in [-0.05, 0) is 69.8 Å². The van der Waals surface area contributed by atoms with Crippen molar-refractivity contribution in [1.82, 2.24) is 20.5 Å². The van der Waals surface area contributed by atoms with Gasteiger partial charge in [0.2, 0.25) is 5.88 Å². The third kappa shape index (κ3) is 9.91. The Labute approximate surface area is 187 Å².